The summed E-state index contributed by atoms with van der Waals surface area (Å²) in [5.74, 6) is -1.62. The van der Waals surface area contributed by atoms with Crippen molar-refractivity contribution in [1.29, 1.82) is 0 Å². The molecule has 3 aromatic rings. The summed E-state index contributed by atoms with van der Waals surface area (Å²) in [7, 11) is 0. The molecule has 2 bridgehead atoms. The van der Waals surface area contributed by atoms with Gasteiger partial charge in [0, 0.05) is 37.8 Å². The maximum atomic E-state index is 14.4. The first kappa shape index (κ1) is 30.6. The summed E-state index contributed by atoms with van der Waals surface area (Å²) in [6.07, 6.45) is 4.17. The zero-order valence-electron chi connectivity index (χ0n) is 23.6. The zero-order chi connectivity index (χ0) is 30.1. The SMILES string of the molecule is O=C([C@H]1C2CNCC(C[C@@H]1c1ccc(CCCOc3c(F)ccc(F)c3Cl)cc1)N2)N(Cc1cccc(Cl)c1Cl)C1CC1. The number of nitrogens with zero attached hydrogens (tertiary/aromatic N) is 1. The Morgan fingerprint density at radius 1 is 0.953 bits per heavy atom. The molecule has 0 aromatic heterocycles. The molecule has 0 radical (unpaired) electrons. The monoisotopic (exact) mass is 647 g/mol. The number of piperazine rings is 1. The summed E-state index contributed by atoms with van der Waals surface area (Å²) >= 11 is 18.7. The standard InChI is InChI=1S/C33H34Cl3F2N3O2/c34-25-5-1-4-21(30(25)35)18-41(23-10-11-23)33(42)29-24(15-22-16-39-17-28(29)40-22)20-8-6-19(7-9-20)3-2-14-43-32-27(38)13-12-26(37)31(32)36/h1,4-9,12-13,22-24,28-29,39-40H,2-3,10-11,14-18H2/t22?,24-,28?,29-/m1/s1. The van der Waals surface area contributed by atoms with Gasteiger partial charge >= 0.3 is 0 Å². The van der Waals surface area contributed by atoms with E-state index >= 15 is 0 Å². The van der Waals surface area contributed by atoms with Gasteiger partial charge in [-0.3, -0.25) is 4.79 Å². The quantitative estimate of drug-likeness (QED) is 0.181. The van der Waals surface area contributed by atoms with Gasteiger partial charge in [-0.15, -0.1) is 0 Å². The van der Waals surface area contributed by atoms with Gasteiger partial charge in [-0.25, -0.2) is 8.78 Å². The first-order chi connectivity index (χ1) is 20.8. The van der Waals surface area contributed by atoms with Gasteiger partial charge in [0.05, 0.1) is 22.6 Å². The van der Waals surface area contributed by atoms with Crippen LogP contribution in [0.25, 0.3) is 0 Å². The lowest BCUT2D eigenvalue weighted by Gasteiger charge is -2.47. The Morgan fingerprint density at radius 2 is 1.72 bits per heavy atom. The molecule has 5 nitrogen and oxygen atoms in total. The van der Waals surface area contributed by atoms with Crippen molar-refractivity contribution in [3.05, 3.63) is 98.0 Å². The fraction of sp³-hybridized carbons (Fsp3) is 0.424. The molecule has 2 saturated heterocycles. The van der Waals surface area contributed by atoms with E-state index in [2.05, 4.69) is 34.9 Å². The van der Waals surface area contributed by atoms with Gasteiger partial charge in [0.25, 0.3) is 0 Å². The number of carbonyl (C=O) groups excluding carboxylic acids is 1. The number of amides is 1. The van der Waals surface area contributed by atoms with Crippen molar-refractivity contribution in [2.24, 2.45) is 5.92 Å². The molecule has 3 fully saturated rings. The largest absolute Gasteiger partial charge is 0.489 e. The predicted octanol–water partition coefficient (Wildman–Crippen LogP) is 7.16. The van der Waals surface area contributed by atoms with Crippen molar-refractivity contribution in [2.45, 2.75) is 62.7 Å². The molecule has 3 aliphatic rings. The summed E-state index contributed by atoms with van der Waals surface area (Å²) in [4.78, 5) is 16.4. The second-order valence-electron chi connectivity index (χ2n) is 11.8. The van der Waals surface area contributed by atoms with Crippen LogP contribution in [0.4, 0.5) is 8.78 Å². The molecule has 43 heavy (non-hydrogen) atoms. The van der Waals surface area contributed by atoms with Crippen LogP contribution in [0.5, 0.6) is 5.75 Å². The van der Waals surface area contributed by atoms with E-state index in [0.717, 1.165) is 61.2 Å². The fourth-order valence-electron chi connectivity index (χ4n) is 6.48. The lowest BCUT2D eigenvalue weighted by Crippen LogP contribution is -2.65. The first-order valence-electron chi connectivity index (χ1n) is 14.9. The maximum absolute atomic E-state index is 14.4. The van der Waals surface area contributed by atoms with E-state index in [4.69, 9.17) is 39.5 Å². The van der Waals surface area contributed by atoms with Crippen molar-refractivity contribution in [2.75, 3.05) is 19.7 Å². The molecular formula is C33H34Cl3F2N3O2. The normalized spacial score (nSPS) is 23.2. The van der Waals surface area contributed by atoms with E-state index in [0.29, 0.717) is 35.5 Å². The number of carbonyl (C=O) groups is 1. The number of hydrogen-bond acceptors (Lipinski definition) is 4. The van der Waals surface area contributed by atoms with Crippen LogP contribution in [-0.2, 0) is 17.8 Å². The van der Waals surface area contributed by atoms with Gasteiger partial charge in [-0.2, -0.15) is 0 Å². The Labute approximate surface area is 265 Å². The topological polar surface area (TPSA) is 53.6 Å². The molecule has 2 unspecified atom stereocenters. The molecule has 4 atom stereocenters. The van der Waals surface area contributed by atoms with E-state index in [1.807, 2.05) is 17.0 Å². The summed E-state index contributed by atoms with van der Waals surface area (Å²) < 4.78 is 33.1. The number of hydrogen-bond donors (Lipinski definition) is 2. The number of halogens is 5. The molecule has 1 aliphatic carbocycles. The third-order valence-corrected chi connectivity index (χ3v) is 10.0. The van der Waals surface area contributed by atoms with Gasteiger partial charge in [-0.05, 0) is 72.9 Å². The number of rotatable bonds is 10. The average Bonchev–Trinajstić information content (AvgIpc) is 3.85. The number of aryl methyl sites for hydroxylation is 1. The third-order valence-electron chi connectivity index (χ3n) is 8.80. The minimum absolute atomic E-state index is 0.0351. The fourth-order valence-corrected chi connectivity index (χ4v) is 7.07. The highest BCUT2D eigenvalue weighted by atomic mass is 35.5. The molecule has 1 amide bonds. The Kier molecular flexibility index (Phi) is 9.46. The molecule has 2 N–H and O–H groups in total. The number of fused-ring (bicyclic) bond motifs is 2. The Balaban J connectivity index is 1.15. The maximum Gasteiger partial charge on any atom is 0.228 e. The Morgan fingerprint density at radius 3 is 2.49 bits per heavy atom. The highest BCUT2D eigenvalue weighted by molar-refractivity contribution is 6.42. The Bertz CT molecular complexity index is 1470. The molecule has 10 heteroatoms. The molecule has 1 saturated carbocycles. The third kappa shape index (κ3) is 6.81. The van der Waals surface area contributed by atoms with E-state index in [1.54, 1.807) is 6.07 Å². The van der Waals surface area contributed by atoms with Crippen LogP contribution in [0.2, 0.25) is 15.1 Å². The number of benzene rings is 3. The Hall–Kier alpha value is -2.42. The van der Waals surface area contributed by atoms with Gasteiger partial charge in [0.2, 0.25) is 5.91 Å². The van der Waals surface area contributed by atoms with Crippen LogP contribution < -0.4 is 15.4 Å². The minimum Gasteiger partial charge on any atom is -0.489 e. The summed E-state index contributed by atoms with van der Waals surface area (Å²) in [5.41, 5.74) is 3.12. The van der Waals surface area contributed by atoms with E-state index in [9.17, 15) is 13.6 Å². The van der Waals surface area contributed by atoms with E-state index < -0.39 is 11.6 Å². The lowest BCUT2D eigenvalue weighted by molar-refractivity contribution is -0.140. The van der Waals surface area contributed by atoms with Crippen molar-refractivity contribution in [3.8, 4) is 5.75 Å². The van der Waals surface area contributed by atoms with Crippen LogP contribution in [0.1, 0.15) is 48.3 Å². The number of piperidine rings is 1. The molecule has 6 rings (SSSR count). The van der Waals surface area contributed by atoms with Crippen LogP contribution in [-0.4, -0.2) is 48.6 Å². The van der Waals surface area contributed by atoms with Crippen molar-refractivity contribution in [3.63, 3.8) is 0 Å². The molecule has 3 aromatic carbocycles. The van der Waals surface area contributed by atoms with Crippen LogP contribution in [0.15, 0.2) is 54.6 Å². The van der Waals surface area contributed by atoms with Gasteiger partial charge < -0.3 is 20.3 Å². The second kappa shape index (κ2) is 13.3. The van der Waals surface area contributed by atoms with Gasteiger partial charge in [0.1, 0.15) is 10.8 Å². The lowest BCUT2D eigenvalue weighted by atomic mass is 9.72. The molecule has 228 valence electrons. The van der Waals surface area contributed by atoms with Crippen molar-refractivity contribution < 1.29 is 18.3 Å². The number of ether oxygens (including phenoxy) is 1. The first-order valence-corrected chi connectivity index (χ1v) is 16.0. The van der Waals surface area contributed by atoms with Crippen molar-refractivity contribution >= 4 is 40.7 Å². The van der Waals surface area contributed by atoms with Crippen LogP contribution in [0, 0.1) is 17.6 Å². The molecule has 2 aliphatic heterocycles. The van der Waals surface area contributed by atoms with E-state index in [-0.39, 0.29) is 47.2 Å². The summed E-state index contributed by atoms with van der Waals surface area (Å²) in [6.45, 7) is 2.28. The molecular weight excluding hydrogens is 615 g/mol. The highest BCUT2D eigenvalue weighted by Crippen LogP contribution is 2.41. The van der Waals surface area contributed by atoms with E-state index in [1.165, 1.54) is 0 Å². The molecule has 2 heterocycles. The zero-order valence-corrected chi connectivity index (χ0v) is 25.9. The molecule has 0 spiro atoms. The van der Waals surface area contributed by atoms with Crippen LogP contribution >= 0.6 is 34.8 Å². The summed E-state index contributed by atoms with van der Waals surface area (Å²) in [6, 6.07) is 16.6. The van der Waals surface area contributed by atoms with Crippen molar-refractivity contribution in [1.82, 2.24) is 15.5 Å². The predicted molar refractivity (Wildman–Crippen MR) is 166 cm³/mol. The second-order valence-corrected chi connectivity index (χ2v) is 12.9. The average molecular weight is 649 g/mol. The minimum atomic E-state index is -0.711. The highest BCUT2D eigenvalue weighted by Gasteiger charge is 2.47. The summed E-state index contributed by atoms with van der Waals surface area (Å²) in [5, 5.41) is 7.90. The van der Waals surface area contributed by atoms with Crippen LogP contribution in [0.3, 0.4) is 0 Å². The number of nitrogens with one attached hydrogen (secondary N) is 2. The smallest absolute Gasteiger partial charge is 0.228 e. The van der Waals surface area contributed by atoms with Gasteiger partial charge in [0.15, 0.2) is 11.6 Å². The van der Waals surface area contributed by atoms with Gasteiger partial charge in [-0.1, -0.05) is 71.2 Å².